The van der Waals surface area contributed by atoms with E-state index in [1.807, 2.05) is 0 Å². The number of halogens is 1. The van der Waals surface area contributed by atoms with Gasteiger partial charge in [-0.15, -0.1) is 11.6 Å². The first kappa shape index (κ1) is 11.1. The van der Waals surface area contributed by atoms with Gasteiger partial charge in [0.2, 0.25) is 5.91 Å². The summed E-state index contributed by atoms with van der Waals surface area (Å²) >= 11 is 5.85. The zero-order chi connectivity index (χ0) is 11.5. The van der Waals surface area contributed by atoms with Crippen LogP contribution < -0.4 is 15.2 Å². The van der Waals surface area contributed by atoms with Crippen molar-refractivity contribution in [1.82, 2.24) is 0 Å². The molecule has 0 spiro atoms. The molecule has 1 aromatic rings. The van der Waals surface area contributed by atoms with Gasteiger partial charge in [-0.25, -0.2) is 0 Å². The molecular formula is C11H12ClNO3. The molecule has 5 heteroatoms. The van der Waals surface area contributed by atoms with Crippen LogP contribution in [0.4, 0.5) is 0 Å². The molecule has 1 heterocycles. The van der Waals surface area contributed by atoms with Gasteiger partial charge in [-0.2, -0.15) is 0 Å². The fourth-order valence-corrected chi connectivity index (χ4v) is 1.64. The number of carbonyl (C=O) groups excluding carboxylic acids is 1. The largest absolute Gasteiger partial charge is 0.490 e. The maximum absolute atomic E-state index is 11.0. The number of fused-ring (bicyclic) bond motifs is 1. The minimum absolute atomic E-state index is 0.573. The van der Waals surface area contributed by atoms with E-state index < -0.39 is 11.3 Å². The molecule has 1 aliphatic rings. The van der Waals surface area contributed by atoms with Gasteiger partial charge in [-0.1, -0.05) is 6.07 Å². The molecule has 16 heavy (non-hydrogen) atoms. The lowest BCUT2D eigenvalue weighted by atomic mass is 10.1. The fourth-order valence-electron chi connectivity index (χ4n) is 1.50. The van der Waals surface area contributed by atoms with Crippen molar-refractivity contribution in [2.24, 2.45) is 5.73 Å². The van der Waals surface area contributed by atoms with Crippen molar-refractivity contribution in [3.05, 3.63) is 23.8 Å². The third-order valence-electron chi connectivity index (χ3n) is 2.31. The van der Waals surface area contributed by atoms with Crippen molar-refractivity contribution in [2.75, 3.05) is 13.2 Å². The van der Waals surface area contributed by atoms with Crippen LogP contribution in [0.25, 0.3) is 0 Å². The van der Waals surface area contributed by atoms with Crippen LogP contribution in [0.1, 0.15) is 17.4 Å². The van der Waals surface area contributed by atoms with Gasteiger partial charge in [0.05, 0.1) is 13.2 Å². The van der Waals surface area contributed by atoms with Crippen LogP contribution >= 0.6 is 11.6 Å². The normalized spacial score (nSPS) is 16.3. The first-order valence-corrected chi connectivity index (χ1v) is 5.45. The highest BCUT2D eigenvalue weighted by Gasteiger charge is 2.18. The van der Waals surface area contributed by atoms with Crippen molar-refractivity contribution in [2.45, 2.75) is 11.8 Å². The van der Waals surface area contributed by atoms with E-state index in [1.165, 1.54) is 0 Å². The lowest BCUT2D eigenvalue weighted by Gasteiger charge is -2.11. The summed E-state index contributed by atoms with van der Waals surface area (Å²) in [5.74, 6) is 0.715. The summed E-state index contributed by atoms with van der Waals surface area (Å²) in [4.78, 5) is 11.0. The van der Waals surface area contributed by atoms with Crippen molar-refractivity contribution in [3.63, 3.8) is 0 Å². The quantitative estimate of drug-likeness (QED) is 0.801. The highest BCUT2D eigenvalue weighted by Crippen LogP contribution is 2.33. The zero-order valence-electron chi connectivity index (χ0n) is 8.61. The van der Waals surface area contributed by atoms with Crippen molar-refractivity contribution in [3.8, 4) is 11.5 Å². The summed E-state index contributed by atoms with van der Waals surface area (Å²) in [5.41, 5.74) is 5.76. The Balaban J connectivity index is 2.30. The second kappa shape index (κ2) is 4.61. The second-order valence-electron chi connectivity index (χ2n) is 3.52. The average molecular weight is 242 g/mol. The molecule has 0 radical (unpaired) electrons. The molecule has 0 aliphatic carbocycles. The van der Waals surface area contributed by atoms with E-state index in [4.69, 9.17) is 26.8 Å². The molecule has 1 unspecified atom stereocenters. The van der Waals surface area contributed by atoms with Crippen LogP contribution in [0.5, 0.6) is 11.5 Å². The van der Waals surface area contributed by atoms with E-state index in [0.717, 1.165) is 6.42 Å². The summed E-state index contributed by atoms with van der Waals surface area (Å²) in [6, 6.07) is 5.16. The third kappa shape index (κ3) is 2.22. The highest BCUT2D eigenvalue weighted by molar-refractivity contribution is 6.30. The smallest absolute Gasteiger partial charge is 0.240 e. The molecule has 0 bridgehead atoms. The Morgan fingerprint density at radius 1 is 1.31 bits per heavy atom. The van der Waals surface area contributed by atoms with Gasteiger partial charge in [0.25, 0.3) is 0 Å². The van der Waals surface area contributed by atoms with Gasteiger partial charge < -0.3 is 15.2 Å². The topological polar surface area (TPSA) is 61.6 Å². The van der Waals surface area contributed by atoms with Gasteiger partial charge in [0.15, 0.2) is 11.5 Å². The molecule has 86 valence electrons. The van der Waals surface area contributed by atoms with Crippen LogP contribution in [-0.2, 0) is 4.79 Å². The number of ether oxygens (including phenoxy) is 2. The standard InChI is InChI=1S/C11H12ClNO3/c12-10(11(13)14)7-2-3-8-9(6-7)16-5-1-4-15-8/h2-3,6,10H,1,4-5H2,(H2,13,14). The van der Waals surface area contributed by atoms with E-state index >= 15 is 0 Å². The average Bonchev–Trinajstić information content (AvgIpc) is 2.51. The van der Waals surface area contributed by atoms with Crippen LogP contribution in [0.3, 0.4) is 0 Å². The minimum atomic E-state index is -0.836. The molecule has 0 saturated carbocycles. The number of benzene rings is 1. The number of nitrogens with two attached hydrogens (primary N) is 1. The number of rotatable bonds is 2. The van der Waals surface area contributed by atoms with Crippen LogP contribution in [0.15, 0.2) is 18.2 Å². The van der Waals surface area contributed by atoms with Crippen molar-refractivity contribution < 1.29 is 14.3 Å². The molecule has 1 atom stereocenters. The Hall–Kier alpha value is -1.42. The first-order valence-electron chi connectivity index (χ1n) is 5.01. The maximum atomic E-state index is 11.0. The molecule has 2 N–H and O–H groups in total. The third-order valence-corrected chi connectivity index (χ3v) is 2.78. The molecule has 1 amide bonds. The number of hydrogen-bond donors (Lipinski definition) is 1. The summed E-state index contributed by atoms with van der Waals surface area (Å²) in [7, 11) is 0. The number of amides is 1. The minimum Gasteiger partial charge on any atom is -0.490 e. The highest BCUT2D eigenvalue weighted by atomic mass is 35.5. The maximum Gasteiger partial charge on any atom is 0.240 e. The molecule has 1 aliphatic heterocycles. The van der Waals surface area contributed by atoms with Gasteiger partial charge >= 0.3 is 0 Å². The van der Waals surface area contributed by atoms with Crippen LogP contribution in [-0.4, -0.2) is 19.1 Å². The first-order chi connectivity index (χ1) is 7.68. The van der Waals surface area contributed by atoms with E-state index in [1.54, 1.807) is 18.2 Å². The SMILES string of the molecule is NC(=O)C(Cl)c1ccc2c(c1)OCCCO2. The summed E-state index contributed by atoms with van der Waals surface area (Å²) in [6.45, 7) is 1.23. The Kier molecular flexibility index (Phi) is 3.19. The van der Waals surface area contributed by atoms with Gasteiger partial charge in [0, 0.05) is 6.42 Å². The van der Waals surface area contributed by atoms with Gasteiger partial charge in [-0.05, 0) is 17.7 Å². The van der Waals surface area contributed by atoms with E-state index in [0.29, 0.717) is 30.3 Å². The second-order valence-corrected chi connectivity index (χ2v) is 3.96. The van der Waals surface area contributed by atoms with E-state index in [9.17, 15) is 4.79 Å². The number of carbonyl (C=O) groups is 1. The Morgan fingerprint density at radius 3 is 2.69 bits per heavy atom. The Morgan fingerprint density at radius 2 is 2.00 bits per heavy atom. The predicted octanol–water partition coefficient (Wildman–Crippen LogP) is 1.61. The molecule has 0 fully saturated rings. The molecule has 1 aromatic carbocycles. The van der Waals surface area contributed by atoms with Crippen molar-refractivity contribution in [1.29, 1.82) is 0 Å². The fraction of sp³-hybridized carbons (Fsp3) is 0.364. The Labute approximate surface area is 98.3 Å². The summed E-state index contributed by atoms with van der Waals surface area (Å²) in [5, 5.41) is -0.836. The van der Waals surface area contributed by atoms with Crippen LogP contribution in [0, 0.1) is 0 Å². The lowest BCUT2D eigenvalue weighted by Crippen LogP contribution is -2.17. The number of hydrogen-bond acceptors (Lipinski definition) is 3. The number of alkyl halides is 1. The van der Waals surface area contributed by atoms with Gasteiger partial charge in [-0.3, -0.25) is 4.79 Å². The molecule has 0 saturated heterocycles. The molecule has 4 nitrogen and oxygen atoms in total. The van der Waals surface area contributed by atoms with Crippen LogP contribution in [0.2, 0.25) is 0 Å². The number of primary amides is 1. The lowest BCUT2D eigenvalue weighted by molar-refractivity contribution is -0.117. The molecule has 2 rings (SSSR count). The Bertz CT molecular complexity index is 408. The van der Waals surface area contributed by atoms with Gasteiger partial charge in [0.1, 0.15) is 5.38 Å². The van der Waals surface area contributed by atoms with Crippen molar-refractivity contribution >= 4 is 17.5 Å². The molecular weight excluding hydrogens is 230 g/mol. The molecule has 0 aromatic heterocycles. The predicted molar refractivity (Wildman–Crippen MR) is 59.8 cm³/mol. The summed E-state index contributed by atoms with van der Waals surface area (Å²) in [6.07, 6.45) is 0.837. The summed E-state index contributed by atoms with van der Waals surface area (Å²) < 4.78 is 10.9. The van der Waals surface area contributed by atoms with E-state index in [-0.39, 0.29) is 0 Å². The monoisotopic (exact) mass is 241 g/mol. The van der Waals surface area contributed by atoms with E-state index in [2.05, 4.69) is 0 Å². The zero-order valence-corrected chi connectivity index (χ0v) is 9.37.